The molecular weight excluding hydrogens is 174 g/mol. The lowest BCUT2D eigenvalue weighted by atomic mass is 10.1. The molecule has 0 spiro atoms. The molecule has 2 heteroatoms. The Morgan fingerprint density at radius 1 is 1.43 bits per heavy atom. The van der Waals surface area contributed by atoms with E-state index in [1.807, 2.05) is 12.1 Å². The van der Waals surface area contributed by atoms with Crippen LogP contribution in [0.2, 0.25) is 0 Å². The minimum atomic E-state index is 0.317. The summed E-state index contributed by atoms with van der Waals surface area (Å²) in [4.78, 5) is 0. The van der Waals surface area contributed by atoms with Crippen molar-refractivity contribution in [2.24, 2.45) is 0 Å². The van der Waals surface area contributed by atoms with Crippen LogP contribution in [0.3, 0.4) is 0 Å². The Morgan fingerprint density at radius 2 is 2.21 bits per heavy atom. The van der Waals surface area contributed by atoms with Gasteiger partial charge in [-0.05, 0) is 32.4 Å². The van der Waals surface area contributed by atoms with E-state index in [0.29, 0.717) is 12.1 Å². The van der Waals surface area contributed by atoms with Gasteiger partial charge < -0.3 is 9.73 Å². The molecule has 0 fully saturated rings. The average Bonchev–Trinajstić information content (AvgIpc) is 2.67. The highest BCUT2D eigenvalue weighted by Gasteiger charge is 2.10. The van der Waals surface area contributed by atoms with E-state index in [1.54, 1.807) is 6.26 Å². The van der Waals surface area contributed by atoms with Gasteiger partial charge in [-0.25, -0.2) is 0 Å². The highest BCUT2D eigenvalue weighted by Crippen LogP contribution is 2.14. The summed E-state index contributed by atoms with van der Waals surface area (Å²) in [7, 11) is 0. The zero-order valence-electron chi connectivity index (χ0n) is 9.42. The van der Waals surface area contributed by atoms with Gasteiger partial charge in [0, 0.05) is 6.04 Å². The Bertz CT molecular complexity index is 230. The van der Waals surface area contributed by atoms with E-state index >= 15 is 0 Å². The molecule has 0 aliphatic heterocycles. The van der Waals surface area contributed by atoms with Crippen molar-refractivity contribution in [3.63, 3.8) is 0 Å². The predicted molar refractivity (Wildman–Crippen MR) is 59.2 cm³/mol. The summed E-state index contributed by atoms with van der Waals surface area (Å²) in [5.74, 6) is 1.02. The van der Waals surface area contributed by atoms with Gasteiger partial charge in [0.2, 0.25) is 0 Å². The molecule has 0 aliphatic rings. The monoisotopic (exact) mass is 195 g/mol. The number of hydrogen-bond acceptors (Lipinski definition) is 2. The van der Waals surface area contributed by atoms with Crippen molar-refractivity contribution in [1.29, 1.82) is 0 Å². The highest BCUT2D eigenvalue weighted by atomic mass is 16.3. The first kappa shape index (κ1) is 11.3. The smallest absolute Gasteiger partial charge is 0.120 e. The van der Waals surface area contributed by atoms with E-state index in [-0.39, 0.29) is 0 Å². The fourth-order valence-corrected chi connectivity index (χ4v) is 1.64. The van der Waals surface area contributed by atoms with Crippen LogP contribution in [-0.2, 0) is 0 Å². The van der Waals surface area contributed by atoms with Crippen molar-refractivity contribution in [3.05, 3.63) is 24.2 Å². The van der Waals surface area contributed by atoms with E-state index in [2.05, 4.69) is 26.1 Å². The Hall–Kier alpha value is -0.760. The normalized spacial score (nSPS) is 15.4. The molecule has 0 bridgehead atoms. The van der Waals surface area contributed by atoms with Gasteiger partial charge in [-0.3, -0.25) is 0 Å². The van der Waals surface area contributed by atoms with Crippen molar-refractivity contribution in [1.82, 2.24) is 5.32 Å². The van der Waals surface area contributed by atoms with Crippen molar-refractivity contribution in [2.75, 3.05) is 0 Å². The van der Waals surface area contributed by atoms with Crippen molar-refractivity contribution >= 4 is 0 Å². The van der Waals surface area contributed by atoms with Crippen LogP contribution >= 0.6 is 0 Å². The summed E-state index contributed by atoms with van der Waals surface area (Å²) >= 11 is 0. The minimum absolute atomic E-state index is 0.317. The lowest BCUT2D eigenvalue weighted by Gasteiger charge is -2.18. The third kappa shape index (κ3) is 3.54. The molecule has 1 rings (SSSR count). The standard InChI is InChI=1S/C12H21NO/c1-4-5-7-10(2)13-11(3)12-8-6-9-14-12/h6,8-11,13H,4-5,7H2,1-3H3/t10?,11-/m0/s1. The Kier molecular flexibility index (Phi) is 4.74. The first-order chi connectivity index (χ1) is 6.74. The molecule has 1 N–H and O–H groups in total. The van der Waals surface area contributed by atoms with Crippen LogP contribution in [0.15, 0.2) is 22.8 Å². The lowest BCUT2D eigenvalue weighted by molar-refractivity contribution is 0.384. The molecule has 0 amide bonds. The first-order valence-corrected chi connectivity index (χ1v) is 5.53. The van der Waals surface area contributed by atoms with E-state index in [0.717, 1.165) is 5.76 Å². The molecule has 1 aromatic heterocycles. The fraction of sp³-hybridized carbons (Fsp3) is 0.667. The molecule has 0 aliphatic carbocycles. The van der Waals surface area contributed by atoms with Gasteiger partial charge in [0.25, 0.3) is 0 Å². The predicted octanol–water partition coefficient (Wildman–Crippen LogP) is 3.51. The summed E-state index contributed by atoms with van der Waals surface area (Å²) in [6.45, 7) is 6.60. The second-order valence-electron chi connectivity index (χ2n) is 3.95. The lowest BCUT2D eigenvalue weighted by Crippen LogP contribution is -2.28. The quantitative estimate of drug-likeness (QED) is 0.751. The minimum Gasteiger partial charge on any atom is -0.468 e. The number of hydrogen-bond donors (Lipinski definition) is 1. The molecule has 80 valence electrons. The third-order valence-corrected chi connectivity index (χ3v) is 2.50. The van der Waals surface area contributed by atoms with Gasteiger partial charge in [0.15, 0.2) is 0 Å². The topological polar surface area (TPSA) is 25.2 Å². The maximum atomic E-state index is 5.34. The zero-order chi connectivity index (χ0) is 10.4. The molecule has 0 saturated heterocycles. The van der Waals surface area contributed by atoms with Crippen LogP contribution in [0, 0.1) is 0 Å². The SMILES string of the molecule is CCCCC(C)N[C@@H](C)c1ccco1. The number of furan rings is 1. The van der Waals surface area contributed by atoms with E-state index in [4.69, 9.17) is 4.42 Å². The maximum absolute atomic E-state index is 5.34. The molecule has 0 aromatic carbocycles. The average molecular weight is 195 g/mol. The van der Waals surface area contributed by atoms with Crippen LogP contribution in [0.25, 0.3) is 0 Å². The van der Waals surface area contributed by atoms with Gasteiger partial charge in [0.1, 0.15) is 5.76 Å². The third-order valence-electron chi connectivity index (χ3n) is 2.50. The zero-order valence-corrected chi connectivity index (χ0v) is 9.42. The van der Waals surface area contributed by atoms with Gasteiger partial charge in [-0.1, -0.05) is 19.8 Å². The fourth-order valence-electron chi connectivity index (χ4n) is 1.64. The summed E-state index contributed by atoms with van der Waals surface area (Å²) < 4.78 is 5.34. The van der Waals surface area contributed by atoms with Crippen LogP contribution < -0.4 is 5.32 Å². The molecule has 1 unspecified atom stereocenters. The summed E-state index contributed by atoms with van der Waals surface area (Å²) in [6.07, 6.45) is 5.52. The van der Waals surface area contributed by atoms with Crippen molar-refractivity contribution in [2.45, 2.75) is 52.1 Å². The molecule has 2 atom stereocenters. The Balaban J connectivity index is 2.29. The number of unbranched alkanes of at least 4 members (excludes halogenated alkanes) is 1. The molecule has 1 aromatic rings. The molecule has 0 saturated carbocycles. The van der Waals surface area contributed by atoms with Gasteiger partial charge in [0.05, 0.1) is 12.3 Å². The molecular formula is C12H21NO. The highest BCUT2D eigenvalue weighted by molar-refractivity contribution is 5.03. The second-order valence-corrected chi connectivity index (χ2v) is 3.95. The van der Waals surface area contributed by atoms with E-state index < -0.39 is 0 Å². The van der Waals surface area contributed by atoms with Gasteiger partial charge in [-0.2, -0.15) is 0 Å². The number of rotatable bonds is 6. The maximum Gasteiger partial charge on any atom is 0.120 e. The van der Waals surface area contributed by atoms with Crippen LogP contribution in [0.5, 0.6) is 0 Å². The Morgan fingerprint density at radius 3 is 2.79 bits per heavy atom. The number of nitrogens with one attached hydrogen (secondary N) is 1. The molecule has 0 radical (unpaired) electrons. The van der Waals surface area contributed by atoms with E-state index in [9.17, 15) is 0 Å². The second kappa shape index (κ2) is 5.86. The van der Waals surface area contributed by atoms with Gasteiger partial charge in [-0.15, -0.1) is 0 Å². The molecule has 14 heavy (non-hydrogen) atoms. The summed E-state index contributed by atoms with van der Waals surface area (Å²) in [6, 6.07) is 4.83. The molecule has 1 heterocycles. The molecule has 2 nitrogen and oxygen atoms in total. The van der Waals surface area contributed by atoms with Crippen molar-refractivity contribution in [3.8, 4) is 0 Å². The Labute approximate surface area is 86.7 Å². The van der Waals surface area contributed by atoms with E-state index in [1.165, 1.54) is 19.3 Å². The van der Waals surface area contributed by atoms with Crippen LogP contribution in [-0.4, -0.2) is 6.04 Å². The summed E-state index contributed by atoms with van der Waals surface area (Å²) in [5, 5.41) is 3.52. The first-order valence-electron chi connectivity index (χ1n) is 5.53. The van der Waals surface area contributed by atoms with Gasteiger partial charge >= 0.3 is 0 Å². The van der Waals surface area contributed by atoms with Crippen LogP contribution in [0.4, 0.5) is 0 Å². The summed E-state index contributed by atoms with van der Waals surface area (Å²) in [5.41, 5.74) is 0. The van der Waals surface area contributed by atoms with Crippen molar-refractivity contribution < 1.29 is 4.42 Å². The van der Waals surface area contributed by atoms with Crippen LogP contribution in [0.1, 0.15) is 51.8 Å². The largest absolute Gasteiger partial charge is 0.468 e.